The summed E-state index contributed by atoms with van der Waals surface area (Å²) in [6, 6.07) is 3.70. The van der Waals surface area contributed by atoms with Crippen LogP contribution in [0, 0.1) is 0 Å². The van der Waals surface area contributed by atoms with Crippen molar-refractivity contribution in [2.45, 2.75) is 0 Å². The van der Waals surface area contributed by atoms with Crippen LogP contribution in [0.25, 0.3) is 11.0 Å². The van der Waals surface area contributed by atoms with Crippen molar-refractivity contribution in [2.24, 2.45) is 0 Å². The molecule has 0 radical (unpaired) electrons. The Morgan fingerprint density at radius 1 is 1.50 bits per heavy atom. The molecule has 0 aromatic carbocycles. The van der Waals surface area contributed by atoms with Crippen LogP contribution in [-0.4, -0.2) is 12.1 Å². The Balaban J connectivity index is 2.82. The van der Waals surface area contributed by atoms with Crippen molar-refractivity contribution >= 4 is 22.6 Å². The lowest BCUT2D eigenvalue weighted by Crippen LogP contribution is -2.40. The fourth-order valence-electron chi connectivity index (χ4n) is 1.19. The third-order valence-corrected chi connectivity index (χ3v) is 2.09. The minimum atomic E-state index is 0.722. The SMILES string of the molecule is CO[n+]1ccc(Cl)c2cc[nH]c21. The Bertz CT molecular complexity index is 410. The second-order valence-corrected chi connectivity index (χ2v) is 2.82. The fourth-order valence-corrected chi connectivity index (χ4v) is 1.39. The number of nitrogens with zero attached hydrogens (tertiary/aromatic N) is 1. The maximum Gasteiger partial charge on any atom is 0.327 e. The quantitative estimate of drug-likeness (QED) is 0.661. The number of aromatic nitrogens is 2. The molecule has 0 bridgehead atoms. The molecule has 2 aromatic heterocycles. The molecule has 3 nitrogen and oxygen atoms in total. The summed E-state index contributed by atoms with van der Waals surface area (Å²) in [7, 11) is 1.61. The fraction of sp³-hybridized carbons (Fsp3) is 0.125. The highest BCUT2D eigenvalue weighted by molar-refractivity contribution is 6.34. The van der Waals surface area contributed by atoms with Crippen LogP contribution in [0.15, 0.2) is 24.5 Å². The summed E-state index contributed by atoms with van der Waals surface area (Å²) in [5, 5.41) is 1.68. The Morgan fingerprint density at radius 2 is 2.33 bits per heavy atom. The number of halogens is 1. The van der Waals surface area contributed by atoms with E-state index in [1.54, 1.807) is 24.1 Å². The summed E-state index contributed by atoms with van der Waals surface area (Å²) < 4.78 is 1.63. The zero-order valence-electron chi connectivity index (χ0n) is 6.54. The van der Waals surface area contributed by atoms with Crippen LogP contribution in [0.5, 0.6) is 0 Å². The highest BCUT2D eigenvalue weighted by Gasteiger charge is 2.10. The molecule has 0 aliphatic carbocycles. The third-order valence-electron chi connectivity index (χ3n) is 1.76. The molecule has 2 rings (SSSR count). The molecule has 2 aromatic rings. The van der Waals surface area contributed by atoms with Gasteiger partial charge in [0, 0.05) is 6.07 Å². The van der Waals surface area contributed by atoms with Crippen LogP contribution in [0.1, 0.15) is 0 Å². The summed E-state index contributed by atoms with van der Waals surface area (Å²) in [4.78, 5) is 8.10. The van der Waals surface area contributed by atoms with Crippen LogP contribution in [-0.2, 0) is 0 Å². The van der Waals surface area contributed by atoms with Crippen molar-refractivity contribution in [1.82, 2.24) is 4.98 Å². The third kappa shape index (κ3) is 0.940. The first-order valence-electron chi connectivity index (χ1n) is 3.54. The van der Waals surface area contributed by atoms with Gasteiger partial charge in [0.25, 0.3) is 0 Å². The second-order valence-electron chi connectivity index (χ2n) is 2.41. The van der Waals surface area contributed by atoms with Crippen LogP contribution in [0.2, 0.25) is 5.02 Å². The van der Waals surface area contributed by atoms with Gasteiger partial charge in [0.15, 0.2) is 0 Å². The first-order valence-corrected chi connectivity index (χ1v) is 3.92. The van der Waals surface area contributed by atoms with Gasteiger partial charge in [0.2, 0.25) is 0 Å². The molecule has 4 heteroatoms. The van der Waals surface area contributed by atoms with E-state index in [0.29, 0.717) is 0 Å². The molecule has 62 valence electrons. The molecule has 0 aliphatic heterocycles. The summed E-state index contributed by atoms with van der Waals surface area (Å²) in [5.41, 5.74) is 0.866. The first-order chi connectivity index (χ1) is 5.83. The normalized spacial score (nSPS) is 10.5. The average molecular weight is 184 g/mol. The molecule has 0 aliphatic rings. The van der Waals surface area contributed by atoms with Crippen LogP contribution >= 0.6 is 11.6 Å². The zero-order chi connectivity index (χ0) is 8.55. The molecule has 0 unspecified atom stereocenters. The van der Waals surface area contributed by atoms with Gasteiger partial charge < -0.3 is 4.84 Å². The minimum Gasteiger partial charge on any atom is -0.339 e. The van der Waals surface area contributed by atoms with Crippen molar-refractivity contribution in [3.05, 3.63) is 29.5 Å². The van der Waals surface area contributed by atoms with Gasteiger partial charge in [-0.2, -0.15) is 0 Å². The molecular formula is C8H8ClN2O+. The lowest BCUT2D eigenvalue weighted by atomic mass is 10.3. The molecule has 0 atom stereocenters. The van der Waals surface area contributed by atoms with Crippen LogP contribution in [0.3, 0.4) is 0 Å². The smallest absolute Gasteiger partial charge is 0.327 e. The second kappa shape index (κ2) is 2.68. The van der Waals surface area contributed by atoms with Gasteiger partial charge in [-0.05, 0) is 10.8 Å². The molecule has 1 N–H and O–H groups in total. The predicted octanol–water partition coefficient (Wildman–Crippen LogP) is 1.17. The van der Waals surface area contributed by atoms with Crippen molar-refractivity contribution in [2.75, 3.05) is 7.11 Å². The summed E-state index contributed by atoms with van der Waals surface area (Å²) in [5.74, 6) is 0. The molecular weight excluding hydrogens is 176 g/mol. The van der Waals surface area contributed by atoms with Gasteiger partial charge in [-0.3, -0.25) is 0 Å². The van der Waals surface area contributed by atoms with E-state index in [1.807, 2.05) is 12.3 Å². The zero-order valence-corrected chi connectivity index (χ0v) is 7.30. The number of aromatic amines is 1. The van der Waals surface area contributed by atoms with E-state index in [-0.39, 0.29) is 0 Å². The summed E-state index contributed by atoms with van der Waals surface area (Å²) in [6.07, 6.45) is 3.59. The van der Waals surface area contributed by atoms with Gasteiger partial charge in [-0.25, -0.2) is 4.98 Å². The number of fused-ring (bicyclic) bond motifs is 1. The summed E-state index contributed by atoms with van der Waals surface area (Å²) in [6.45, 7) is 0. The number of hydrogen-bond acceptors (Lipinski definition) is 1. The lowest BCUT2D eigenvalue weighted by Gasteiger charge is -1.96. The van der Waals surface area contributed by atoms with Crippen molar-refractivity contribution in [3.8, 4) is 0 Å². The maximum atomic E-state index is 5.94. The van der Waals surface area contributed by atoms with Gasteiger partial charge in [-0.15, -0.1) is 0 Å². The Morgan fingerprint density at radius 3 is 3.08 bits per heavy atom. The number of H-pyrrole nitrogens is 1. The predicted molar refractivity (Wildman–Crippen MR) is 46.0 cm³/mol. The van der Waals surface area contributed by atoms with E-state index in [2.05, 4.69) is 4.98 Å². The largest absolute Gasteiger partial charge is 0.339 e. The van der Waals surface area contributed by atoms with Crippen molar-refractivity contribution in [1.29, 1.82) is 0 Å². The standard InChI is InChI=1S/C8H7ClN2O/c1-12-11-5-3-7(9)6-2-4-10-8(6)11/h2-5H,1H3/p+1. The molecule has 0 saturated carbocycles. The van der Waals surface area contributed by atoms with E-state index in [1.165, 1.54) is 0 Å². The molecule has 0 fully saturated rings. The number of rotatable bonds is 1. The van der Waals surface area contributed by atoms with Gasteiger partial charge in [-0.1, -0.05) is 11.6 Å². The lowest BCUT2D eigenvalue weighted by molar-refractivity contribution is -0.866. The highest BCUT2D eigenvalue weighted by Crippen LogP contribution is 2.18. The first kappa shape index (κ1) is 7.43. The highest BCUT2D eigenvalue weighted by atomic mass is 35.5. The summed E-state index contributed by atoms with van der Waals surface area (Å²) >= 11 is 5.94. The van der Waals surface area contributed by atoms with Gasteiger partial charge in [0.1, 0.15) is 13.3 Å². The van der Waals surface area contributed by atoms with E-state index in [9.17, 15) is 0 Å². The molecule has 0 spiro atoms. The van der Waals surface area contributed by atoms with Crippen molar-refractivity contribution in [3.63, 3.8) is 0 Å². The van der Waals surface area contributed by atoms with E-state index in [4.69, 9.17) is 16.4 Å². The van der Waals surface area contributed by atoms with E-state index < -0.39 is 0 Å². The molecule has 12 heavy (non-hydrogen) atoms. The van der Waals surface area contributed by atoms with Gasteiger partial charge in [0.05, 0.1) is 16.6 Å². The topological polar surface area (TPSA) is 28.9 Å². The van der Waals surface area contributed by atoms with Crippen LogP contribution < -0.4 is 9.57 Å². The van der Waals surface area contributed by atoms with Crippen molar-refractivity contribution < 1.29 is 9.57 Å². The van der Waals surface area contributed by atoms with E-state index in [0.717, 1.165) is 16.1 Å². The average Bonchev–Trinajstić information content (AvgIpc) is 2.54. The Kier molecular flexibility index (Phi) is 1.66. The number of hydrogen-bond donors (Lipinski definition) is 1. The molecule has 0 amide bonds. The Hall–Kier alpha value is -1.22. The number of pyridine rings is 1. The molecule has 0 saturated heterocycles. The van der Waals surface area contributed by atoms with Gasteiger partial charge >= 0.3 is 5.65 Å². The maximum absolute atomic E-state index is 5.94. The Labute approximate surface area is 74.5 Å². The van der Waals surface area contributed by atoms with E-state index >= 15 is 0 Å². The van der Waals surface area contributed by atoms with Crippen LogP contribution in [0.4, 0.5) is 0 Å². The number of nitrogens with one attached hydrogen (secondary N) is 1. The molecule has 2 heterocycles. The monoisotopic (exact) mass is 183 g/mol. The minimum absolute atomic E-state index is 0.722.